The largest absolute Gasteiger partial charge is 0.456 e. The molecule has 1 aliphatic heterocycles. The SMILES string of the molecule is CC(=O)OC1CN(C(C)=O)Cc2sc(-c3ccc(F)cc3)c(-c3ccncc3)c21. The summed E-state index contributed by atoms with van der Waals surface area (Å²) in [5, 5.41) is 0. The molecule has 4 rings (SSSR count). The maximum Gasteiger partial charge on any atom is 0.303 e. The molecule has 0 saturated carbocycles. The smallest absolute Gasteiger partial charge is 0.303 e. The van der Waals surface area contributed by atoms with Crippen LogP contribution in [0.1, 0.15) is 30.4 Å². The van der Waals surface area contributed by atoms with Crippen LogP contribution in [0.5, 0.6) is 0 Å². The maximum atomic E-state index is 13.5. The van der Waals surface area contributed by atoms with Gasteiger partial charge in [0.05, 0.1) is 13.1 Å². The summed E-state index contributed by atoms with van der Waals surface area (Å²) in [4.78, 5) is 31.5. The molecule has 5 nitrogen and oxygen atoms in total. The van der Waals surface area contributed by atoms with Crippen molar-refractivity contribution in [3.8, 4) is 21.6 Å². The quantitative estimate of drug-likeness (QED) is 0.593. The van der Waals surface area contributed by atoms with Crippen LogP contribution in [0.4, 0.5) is 4.39 Å². The lowest BCUT2D eigenvalue weighted by molar-refractivity contribution is -0.150. The molecule has 1 unspecified atom stereocenters. The Labute approximate surface area is 171 Å². The van der Waals surface area contributed by atoms with Crippen LogP contribution >= 0.6 is 11.3 Å². The van der Waals surface area contributed by atoms with Crippen LogP contribution in [0.25, 0.3) is 21.6 Å². The van der Waals surface area contributed by atoms with Crippen LogP contribution in [0.2, 0.25) is 0 Å². The standard InChI is InChI=1S/C22H19FN2O3S/c1-13(26)25-11-18(28-14(2)27)21-19(12-25)29-22(16-3-5-17(23)6-4-16)20(21)15-7-9-24-10-8-15/h3-10,18H,11-12H2,1-2H3. The Morgan fingerprint density at radius 3 is 2.41 bits per heavy atom. The predicted molar refractivity (Wildman–Crippen MR) is 109 cm³/mol. The monoisotopic (exact) mass is 410 g/mol. The predicted octanol–water partition coefficient (Wildman–Crippen LogP) is 4.58. The van der Waals surface area contributed by atoms with Crippen molar-refractivity contribution in [2.24, 2.45) is 0 Å². The number of ether oxygens (including phenoxy) is 1. The van der Waals surface area contributed by atoms with Crippen LogP contribution in [0.3, 0.4) is 0 Å². The van der Waals surface area contributed by atoms with Gasteiger partial charge in [-0.25, -0.2) is 4.39 Å². The zero-order chi connectivity index (χ0) is 20.5. The van der Waals surface area contributed by atoms with Crippen molar-refractivity contribution in [2.75, 3.05) is 6.54 Å². The highest BCUT2D eigenvalue weighted by molar-refractivity contribution is 7.16. The van der Waals surface area contributed by atoms with Crippen LogP contribution in [-0.4, -0.2) is 28.3 Å². The second-order valence-electron chi connectivity index (χ2n) is 6.88. The zero-order valence-electron chi connectivity index (χ0n) is 16.0. The Hall–Kier alpha value is -3.06. The van der Waals surface area contributed by atoms with Gasteiger partial charge in [0, 0.05) is 47.1 Å². The molecule has 29 heavy (non-hydrogen) atoms. The lowest BCUT2D eigenvalue weighted by Crippen LogP contribution is -2.37. The van der Waals surface area contributed by atoms with E-state index < -0.39 is 12.1 Å². The van der Waals surface area contributed by atoms with Crippen molar-refractivity contribution in [2.45, 2.75) is 26.5 Å². The Morgan fingerprint density at radius 2 is 1.79 bits per heavy atom. The summed E-state index contributed by atoms with van der Waals surface area (Å²) in [6, 6.07) is 10.1. The first-order chi connectivity index (χ1) is 13.9. The van der Waals surface area contributed by atoms with E-state index in [-0.39, 0.29) is 11.7 Å². The fraction of sp³-hybridized carbons (Fsp3) is 0.227. The van der Waals surface area contributed by atoms with Gasteiger partial charge in [-0.3, -0.25) is 14.6 Å². The van der Waals surface area contributed by atoms with Crippen LogP contribution in [0.15, 0.2) is 48.8 Å². The van der Waals surface area contributed by atoms with Crippen molar-refractivity contribution < 1.29 is 18.7 Å². The first kappa shape index (κ1) is 19.3. The third-order valence-corrected chi connectivity index (χ3v) is 6.13. The lowest BCUT2D eigenvalue weighted by atomic mass is 9.92. The number of aromatic nitrogens is 1. The third-order valence-electron chi connectivity index (χ3n) is 4.89. The number of halogens is 1. The third kappa shape index (κ3) is 3.78. The Bertz CT molecular complexity index is 1060. The maximum absolute atomic E-state index is 13.5. The van der Waals surface area contributed by atoms with Crippen molar-refractivity contribution in [3.05, 3.63) is 65.0 Å². The molecular weight excluding hydrogens is 391 g/mol. The molecule has 148 valence electrons. The van der Waals surface area contributed by atoms with Crippen molar-refractivity contribution in [1.82, 2.24) is 9.88 Å². The normalized spacial score (nSPS) is 15.7. The number of hydrogen-bond donors (Lipinski definition) is 0. The molecule has 0 aliphatic carbocycles. The Morgan fingerprint density at radius 1 is 1.10 bits per heavy atom. The van der Waals surface area contributed by atoms with Crippen LogP contribution in [-0.2, 0) is 20.9 Å². The topological polar surface area (TPSA) is 59.5 Å². The summed E-state index contributed by atoms with van der Waals surface area (Å²) in [6.07, 6.45) is 2.85. The van der Waals surface area contributed by atoms with Gasteiger partial charge >= 0.3 is 5.97 Å². The van der Waals surface area contributed by atoms with Gasteiger partial charge in [0.2, 0.25) is 5.91 Å². The van der Waals surface area contributed by atoms with E-state index in [1.165, 1.54) is 37.3 Å². The zero-order valence-corrected chi connectivity index (χ0v) is 16.8. The van der Waals surface area contributed by atoms with Gasteiger partial charge in [-0.2, -0.15) is 0 Å². The highest BCUT2D eigenvalue weighted by Crippen LogP contribution is 2.48. The van der Waals surface area contributed by atoms with Gasteiger partial charge in [-0.05, 0) is 35.4 Å². The van der Waals surface area contributed by atoms with E-state index in [0.717, 1.165) is 32.0 Å². The number of pyridine rings is 1. The van der Waals surface area contributed by atoms with Crippen LogP contribution < -0.4 is 0 Å². The lowest BCUT2D eigenvalue weighted by Gasteiger charge is -2.32. The molecule has 0 bridgehead atoms. The molecule has 0 saturated heterocycles. The summed E-state index contributed by atoms with van der Waals surface area (Å²) >= 11 is 1.54. The van der Waals surface area contributed by atoms with Crippen molar-refractivity contribution >= 4 is 23.2 Å². The number of thiophene rings is 1. The molecule has 0 spiro atoms. The molecule has 0 N–H and O–H groups in total. The first-order valence-electron chi connectivity index (χ1n) is 9.18. The molecule has 0 radical (unpaired) electrons. The van der Waals surface area contributed by atoms with E-state index >= 15 is 0 Å². The first-order valence-corrected chi connectivity index (χ1v) is 10.0. The molecule has 1 amide bonds. The van der Waals surface area contributed by atoms with Crippen LogP contribution in [0, 0.1) is 5.82 Å². The molecule has 0 fully saturated rings. The highest BCUT2D eigenvalue weighted by Gasteiger charge is 2.35. The minimum absolute atomic E-state index is 0.0741. The molecule has 3 heterocycles. The van der Waals surface area contributed by atoms with Gasteiger partial charge in [0.25, 0.3) is 0 Å². The highest BCUT2D eigenvalue weighted by atomic mass is 32.1. The number of benzene rings is 1. The second-order valence-corrected chi connectivity index (χ2v) is 7.99. The fourth-order valence-electron chi connectivity index (χ4n) is 3.62. The second kappa shape index (κ2) is 7.75. The Kier molecular flexibility index (Phi) is 5.15. The van der Waals surface area contributed by atoms with Gasteiger partial charge in [-0.15, -0.1) is 11.3 Å². The summed E-state index contributed by atoms with van der Waals surface area (Å²) < 4.78 is 19.1. The van der Waals surface area contributed by atoms with Crippen molar-refractivity contribution in [1.29, 1.82) is 0 Å². The molecule has 1 aliphatic rings. The summed E-state index contributed by atoms with van der Waals surface area (Å²) in [5.41, 5.74) is 3.65. The average molecular weight is 410 g/mol. The van der Waals surface area contributed by atoms with E-state index in [2.05, 4.69) is 4.98 Å². The molecule has 1 atom stereocenters. The van der Waals surface area contributed by atoms with E-state index in [1.807, 2.05) is 12.1 Å². The molecule has 1 aromatic carbocycles. The number of esters is 1. The minimum atomic E-state index is -0.561. The number of carbonyl (C=O) groups is 2. The molecule has 7 heteroatoms. The van der Waals surface area contributed by atoms with Gasteiger partial charge in [0.15, 0.2) is 0 Å². The van der Waals surface area contributed by atoms with E-state index in [4.69, 9.17) is 4.74 Å². The number of rotatable bonds is 3. The van der Waals surface area contributed by atoms with Gasteiger partial charge in [0.1, 0.15) is 11.9 Å². The molecular formula is C22H19FN2O3S. The number of carbonyl (C=O) groups excluding carboxylic acids is 2. The number of hydrogen-bond acceptors (Lipinski definition) is 5. The van der Waals surface area contributed by atoms with E-state index in [1.54, 1.807) is 29.4 Å². The number of nitrogens with zero attached hydrogens (tertiary/aromatic N) is 2. The summed E-state index contributed by atoms with van der Waals surface area (Å²) in [5.74, 6) is -0.780. The summed E-state index contributed by atoms with van der Waals surface area (Å²) in [6.45, 7) is 3.63. The molecule has 3 aromatic rings. The van der Waals surface area contributed by atoms with Gasteiger partial charge < -0.3 is 9.64 Å². The van der Waals surface area contributed by atoms with Crippen molar-refractivity contribution in [3.63, 3.8) is 0 Å². The van der Waals surface area contributed by atoms with E-state index in [9.17, 15) is 14.0 Å². The summed E-state index contributed by atoms with van der Waals surface area (Å²) in [7, 11) is 0. The molecule has 2 aromatic heterocycles. The van der Waals surface area contributed by atoms with Gasteiger partial charge in [-0.1, -0.05) is 12.1 Å². The average Bonchev–Trinajstić information content (AvgIpc) is 3.08. The number of amides is 1. The Balaban J connectivity index is 1.95. The number of fused-ring (bicyclic) bond motifs is 1. The minimum Gasteiger partial charge on any atom is -0.456 e. The van der Waals surface area contributed by atoms with E-state index in [0.29, 0.717) is 13.1 Å². The fourth-order valence-corrected chi connectivity index (χ4v) is 5.02.